The first-order valence-corrected chi connectivity index (χ1v) is 6.90. The Balaban J connectivity index is 3.33. The first-order chi connectivity index (χ1) is 7.29. The highest BCUT2D eigenvalue weighted by Crippen LogP contribution is 3.02. The zero-order valence-electron chi connectivity index (χ0n) is 8.77. The maximum atomic E-state index is 12.5. The van der Waals surface area contributed by atoms with E-state index in [1.54, 1.807) is 6.92 Å². The van der Waals surface area contributed by atoms with Crippen molar-refractivity contribution >= 4 is 21.8 Å². The lowest BCUT2D eigenvalue weighted by molar-refractivity contribution is 0.364. The van der Waals surface area contributed by atoms with E-state index in [1.165, 1.54) is 0 Å². The molecule has 0 amide bonds. The van der Waals surface area contributed by atoms with Gasteiger partial charge < -0.3 is 5.73 Å². The lowest BCUT2D eigenvalue weighted by atomic mass is 10.1. The Hall–Kier alpha value is -0.530. The van der Waals surface area contributed by atoms with Crippen LogP contribution in [0.2, 0.25) is 5.02 Å². The zero-order chi connectivity index (χ0) is 13.5. The molecule has 0 bridgehead atoms. The van der Waals surface area contributed by atoms with Crippen LogP contribution < -0.4 is 5.73 Å². The molecular weight excluding hydrogens is 285 g/mol. The van der Waals surface area contributed by atoms with Gasteiger partial charge >= 0.3 is 10.2 Å². The molecule has 1 rings (SSSR count). The van der Waals surface area contributed by atoms with Crippen LogP contribution in [0.1, 0.15) is 12.5 Å². The van der Waals surface area contributed by atoms with Crippen LogP contribution in [0.4, 0.5) is 19.4 Å². The second kappa shape index (κ2) is 3.49. The van der Waals surface area contributed by atoms with E-state index < -0.39 is 21.2 Å². The minimum atomic E-state index is -9.64. The predicted octanol–water partition coefficient (Wildman–Crippen LogP) is 4.89. The second-order valence-corrected chi connectivity index (χ2v) is 6.72. The first kappa shape index (κ1) is 14.5. The maximum Gasteiger partial charge on any atom is 0.310 e. The zero-order valence-corrected chi connectivity index (χ0v) is 10.3. The van der Waals surface area contributed by atoms with Crippen LogP contribution in [0, 0.1) is 0 Å². The van der Waals surface area contributed by atoms with Gasteiger partial charge in [-0.25, -0.2) is 0 Å². The van der Waals surface area contributed by atoms with Crippen LogP contribution in [0.15, 0.2) is 23.1 Å². The lowest BCUT2D eigenvalue weighted by Gasteiger charge is -2.40. The van der Waals surface area contributed by atoms with Gasteiger partial charge in [0.15, 0.2) is 0 Å². The predicted molar refractivity (Wildman–Crippen MR) is 60.2 cm³/mol. The van der Waals surface area contributed by atoms with Crippen molar-refractivity contribution in [3.8, 4) is 0 Å². The Labute approximate surface area is 100 Å². The van der Waals surface area contributed by atoms with Crippen LogP contribution in [0.5, 0.6) is 0 Å². The summed E-state index contributed by atoms with van der Waals surface area (Å²) in [6.07, 6.45) is 0.000509. The molecule has 0 saturated carbocycles. The van der Waals surface area contributed by atoms with Gasteiger partial charge in [-0.05, 0) is 37.1 Å². The monoisotopic (exact) mass is 295 g/mol. The Morgan fingerprint density at radius 3 is 2.18 bits per heavy atom. The van der Waals surface area contributed by atoms with Crippen LogP contribution >= 0.6 is 21.8 Å². The number of hydrogen-bond acceptors (Lipinski definition) is 1. The van der Waals surface area contributed by atoms with Gasteiger partial charge in [-0.15, -0.1) is 0 Å². The van der Waals surface area contributed by atoms with Gasteiger partial charge in [-0.1, -0.05) is 31.0 Å². The summed E-state index contributed by atoms with van der Waals surface area (Å²) in [5.41, 5.74) is 5.37. The topological polar surface area (TPSA) is 26.0 Å². The van der Waals surface area contributed by atoms with Gasteiger partial charge in [0.05, 0.1) is 0 Å². The summed E-state index contributed by atoms with van der Waals surface area (Å²) >= 11 is 5.63. The van der Waals surface area contributed by atoms with E-state index >= 15 is 0 Å². The standard InChI is InChI=1S/C9H11ClF5NS/c1-6(16)4-7-5-8(2-3-9(7)10)17(11,12,13,14)15/h2-3,5-6H,4,16H2,1H3. The van der Waals surface area contributed by atoms with Gasteiger partial charge in [0, 0.05) is 11.1 Å². The third kappa shape index (κ3) is 4.01. The fourth-order valence-corrected chi connectivity index (χ4v) is 2.18. The van der Waals surface area contributed by atoms with Crippen molar-refractivity contribution in [2.75, 3.05) is 0 Å². The molecule has 8 heteroatoms. The quantitative estimate of drug-likeness (QED) is 0.790. The third-order valence-electron chi connectivity index (χ3n) is 2.00. The molecule has 100 valence electrons. The molecule has 0 radical (unpaired) electrons. The third-order valence-corrected chi connectivity index (χ3v) is 3.52. The van der Waals surface area contributed by atoms with Crippen molar-refractivity contribution < 1.29 is 19.4 Å². The normalized spacial score (nSPS) is 18.4. The smallest absolute Gasteiger partial charge is 0.310 e. The van der Waals surface area contributed by atoms with Crippen LogP contribution in [-0.4, -0.2) is 6.04 Å². The Bertz CT molecular complexity index is 442. The summed E-state index contributed by atoms with van der Waals surface area (Å²) < 4.78 is 62.6. The van der Waals surface area contributed by atoms with Crippen molar-refractivity contribution in [2.45, 2.75) is 24.3 Å². The van der Waals surface area contributed by atoms with Gasteiger partial charge in [0.25, 0.3) is 0 Å². The van der Waals surface area contributed by atoms with Gasteiger partial charge in [-0.3, -0.25) is 0 Å². The highest BCUT2D eigenvalue weighted by molar-refractivity contribution is 8.45. The second-order valence-electron chi connectivity index (χ2n) is 3.90. The highest BCUT2D eigenvalue weighted by Gasteiger charge is 2.65. The van der Waals surface area contributed by atoms with E-state index in [2.05, 4.69) is 0 Å². The summed E-state index contributed by atoms with van der Waals surface area (Å²) in [7, 11) is -9.64. The molecule has 1 nitrogen and oxygen atoms in total. The molecule has 0 aliphatic rings. The minimum absolute atomic E-state index is 0.000509. The number of rotatable bonds is 3. The average Bonchev–Trinajstić information content (AvgIpc) is 2.03. The van der Waals surface area contributed by atoms with E-state index in [9.17, 15) is 19.4 Å². The molecular formula is C9H11ClF5NS. The van der Waals surface area contributed by atoms with Gasteiger partial charge in [0.2, 0.25) is 0 Å². The van der Waals surface area contributed by atoms with Crippen molar-refractivity contribution in [3.63, 3.8) is 0 Å². The van der Waals surface area contributed by atoms with E-state index in [-0.39, 0.29) is 23.1 Å². The van der Waals surface area contributed by atoms with E-state index in [0.717, 1.165) is 6.07 Å². The van der Waals surface area contributed by atoms with Crippen molar-refractivity contribution in [1.82, 2.24) is 0 Å². The molecule has 0 spiro atoms. The summed E-state index contributed by atoms with van der Waals surface area (Å²) in [6.45, 7) is 1.54. The largest absolute Gasteiger partial charge is 0.328 e. The number of halogens is 6. The maximum absolute atomic E-state index is 12.5. The molecule has 17 heavy (non-hydrogen) atoms. The fourth-order valence-electron chi connectivity index (χ4n) is 1.29. The van der Waals surface area contributed by atoms with Crippen molar-refractivity contribution in [3.05, 3.63) is 28.8 Å². The van der Waals surface area contributed by atoms with Gasteiger partial charge in [-0.2, -0.15) is 0 Å². The number of hydrogen-bond donors (Lipinski definition) is 1. The van der Waals surface area contributed by atoms with Crippen LogP contribution in [-0.2, 0) is 6.42 Å². The molecule has 0 aliphatic heterocycles. The molecule has 0 aliphatic carbocycles. The summed E-state index contributed by atoms with van der Waals surface area (Å²) in [5.74, 6) is 0. The first-order valence-electron chi connectivity index (χ1n) is 4.58. The molecule has 1 aromatic carbocycles. The lowest BCUT2D eigenvalue weighted by Crippen LogP contribution is -2.18. The minimum Gasteiger partial charge on any atom is -0.328 e. The summed E-state index contributed by atoms with van der Waals surface area (Å²) in [5, 5.41) is -0.00657. The molecule has 0 aromatic heterocycles. The summed E-state index contributed by atoms with van der Waals surface area (Å²) in [4.78, 5) is -1.94. The molecule has 0 fully saturated rings. The van der Waals surface area contributed by atoms with E-state index in [0.29, 0.717) is 6.07 Å². The molecule has 2 N–H and O–H groups in total. The van der Waals surface area contributed by atoms with Crippen molar-refractivity contribution in [2.24, 2.45) is 5.73 Å². The molecule has 1 aromatic rings. The summed E-state index contributed by atoms with van der Waals surface area (Å²) in [6, 6.07) is 0.996. The van der Waals surface area contributed by atoms with Crippen LogP contribution in [0.3, 0.4) is 0 Å². The van der Waals surface area contributed by atoms with Crippen molar-refractivity contribution in [1.29, 1.82) is 0 Å². The molecule has 1 unspecified atom stereocenters. The average molecular weight is 296 g/mol. The molecule has 0 heterocycles. The number of nitrogens with two attached hydrogens (primary N) is 1. The molecule has 1 atom stereocenters. The van der Waals surface area contributed by atoms with Gasteiger partial charge in [0.1, 0.15) is 4.90 Å². The Morgan fingerprint density at radius 2 is 1.76 bits per heavy atom. The van der Waals surface area contributed by atoms with Crippen LogP contribution in [0.25, 0.3) is 0 Å². The SMILES string of the molecule is CC(N)Cc1cc(S(F)(F)(F)(F)F)ccc1Cl. The van der Waals surface area contributed by atoms with E-state index in [1.807, 2.05) is 0 Å². The molecule has 0 saturated heterocycles. The highest BCUT2D eigenvalue weighted by atomic mass is 35.5. The fraction of sp³-hybridized carbons (Fsp3) is 0.333. The Morgan fingerprint density at radius 1 is 1.24 bits per heavy atom. The Kier molecular flexibility index (Phi) is 2.98. The van der Waals surface area contributed by atoms with E-state index in [4.69, 9.17) is 17.3 Å². The number of benzene rings is 1.